The molecule has 6 nitrogen and oxygen atoms in total. The summed E-state index contributed by atoms with van der Waals surface area (Å²) in [6.07, 6.45) is 0.401. The number of benzene rings is 3. The molecule has 4 rings (SSSR count). The number of carbonyl (C=O) groups excluding carboxylic acids is 3. The van der Waals surface area contributed by atoms with Crippen LogP contribution in [0.25, 0.3) is 0 Å². The van der Waals surface area contributed by atoms with Gasteiger partial charge >= 0.3 is 0 Å². The Balaban J connectivity index is 1.44. The fraction of sp³-hybridized carbons (Fsp3) is 0.125. The van der Waals surface area contributed by atoms with Gasteiger partial charge in [0, 0.05) is 24.1 Å². The van der Waals surface area contributed by atoms with Gasteiger partial charge in [-0.25, -0.2) is 0 Å². The van der Waals surface area contributed by atoms with Crippen LogP contribution in [0.15, 0.2) is 72.8 Å². The summed E-state index contributed by atoms with van der Waals surface area (Å²) in [6.45, 7) is 2.01. The molecular weight excluding hydrogens is 380 g/mol. The standard InChI is InChI=1S/C24H20N2O4/c1-16-5-9-20(10-6-16)30-21-11-7-18(8-12-21)25-24(29)17-3-2-4-19(15-17)26-22(27)13-14-23(26)28/h2-12,15H,13-14H2,1H3,(H,25,29). The second kappa shape index (κ2) is 8.21. The third kappa shape index (κ3) is 4.22. The minimum atomic E-state index is -0.330. The molecule has 30 heavy (non-hydrogen) atoms. The summed E-state index contributed by atoms with van der Waals surface area (Å²) in [5.41, 5.74) is 2.54. The van der Waals surface area contributed by atoms with Crippen LogP contribution in [0.3, 0.4) is 0 Å². The van der Waals surface area contributed by atoms with Crippen molar-refractivity contribution in [1.29, 1.82) is 0 Å². The van der Waals surface area contributed by atoms with Crippen LogP contribution < -0.4 is 15.0 Å². The Bertz CT molecular complexity index is 1090. The summed E-state index contributed by atoms with van der Waals surface area (Å²) in [5, 5.41) is 2.81. The molecule has 0 radical (unpaired) electrons. The topological polar surface area (TPSA) is 75.7 Å². The van der Waals surface area contributed by atoms with E-state index in [1.807, 2.05) is 31.2 Å². The quantitative estimate of drug-likeness (QED) is 0.630. The normalized spacial score (nSPS) is 13.4. The molecule has 0 saturated carbocycles. The number of ether oxygens (including phenoxy) is 1. The molecule has 0 spiro atoms. The number of aryl methyl sites for hydroxylation is 1. The van der Waals surface area contributed by atoms with E-state index in [0.717, 1.165) is 16.2 Å². The number of amides is 3. The van der Waals surface area contributed by atoms with Crippen molar-refractivity contribution in [3.8, 4) is 11.5 Å². The van der Waals surface area contributed by atoms with E-state index in [2.05, 4.69) is 5.32 Å². The maximum Gasteiger partial charge on any atom is 0.255 e. The average Bonchev–Trinajstić information content (AvgIpc) is 3.09. The Morgan fingerprint density at radius 2 is 1.47 bits per heavy atom. The highest BCUT2D eigenvalue weighted by Crippen LogP contribution is 2.25. The highest BCUT2D eigenvalue weighted by atomic mass is 16.5. The number of hydrogen-bond donors (Lipinski definition) is 1. The maximum absolute atomic E-state index is 12.6. The molecule has 0 unspecified atom stereocenters. The molecule has 0 aliphatic carbocycles. The van der Waals surface area contributed by atoms with E-state index >= 15 is 0 Å². The highest BCUT2D eigenvalue weighted by molar-refractivity contribution is 6.20. The smallest absolute Gasteiger partial charge is 0.255 e. The Labute approximate surface area is 174 Å². The first-order valence-electron chi connectivity index (χ1n) is 9.61. The van der Waals surface area contributed by atoms with Crippen molar-refractivity contribution < 1.29 is 19.1 Å². The molecule has 3 amide bonds. The lowest BCUT2D eigenvalue weighted by Gasteiger charge is -2.15. The second-order valence-electron chi connectivity index (χ2n) is 7.07. The number of anilines is 2. The highest BCUT2D eigenvalue weighted by Gasteiger charge is 2.30. The first-order valence-corrected chi connectivity index (χ1v) is 9.61. The van der Waals surface area contributed by atoms with Gasteiger partial charge in [-0.2, -0.15) is 0 Å². The summed E-state index contributed by atoms with van der Waals surface area (Å²) in [5.74, 6) is 0.566. The molecule has 1 heterocycles. The van der Waals surface area contributed by atoms with Crippen molar-refractivity contribution in [2.75, 3.05) is 10.2 Å². The van der Waals surface area contributed by atoms with Gasteiger partial charge in [-0.1, -0.05) is 23.8 Å². The molecule has 150 valence electrons. The predicted molar refractivity (Wildman–Crippen MR) is 114 cm³/mol. The fourth-order valence-corrected chi connectivity index (χ4v) is 3.20. The Kier molecular flexibility index (Phi) is 5.30. The van der Waals surface area contributed by atoms with E-state index in [1.165, 1.54) is 0 Å². The molecule has 1 aliphatic rings. The summed E-state index contributed by atoms with van der Waals surface area (Å²) in [7, 11) is 0. The van der Waals surface area contributed by atoms with E-state index < -0.39 is 0 Å². The number of nitrogens with one attached hydrogen (secondary N) is 1. The van der Waals surface area contributed by atoms with Crippen molar-refractivity contribution in [2.24, 2.45) is 0 Å². The molecule has 0 aromatic heterocycles. The predicted octanol–water partition coefficient (Wildman–Crippen LogP) is 4.69. The van der Waals surface area contributed by atoms with Crippen molar-refractivity contribution in [1.82, 2.24) is 0 Å². The van der Waals surface area contributed by atoms with Gasteiger partial charge in [0.05, 0.1) is 5.69 Å². The molecule has 3 aromatic rings. The van der Waals surface area contributed by atoms with Gasteiger partial charge in [0.2, 0.25) is 11.8 Å². The Morgan fingerprint density at radius 1 is 0.867 bits per heavy atom. The Hall–Kier alpha value is -3.93. The molecule has 1 fully saturated rings. The van der Waals surface area contributed by atoms with Crippen molar-refractivity contribution >= 4 is 29.1 Å². The number of nitrogens with zero attached hydrogens (tertiary/aromatic N) is 1. The van der Waals surface area contributed by atoms with Gasteiger partial charge in [-0.15, -0.1) is 0 Å². The van der Waals surface area contributed by atoms with Gasteiger partial charge in [0.15, 0.2) is 0 Å². The fourth-order valence-electron chi connectivity index (χ4n) is 3.20. The lowest BCUT2D eigenvalue weighted by Crippen LogP contribution is -2.28. The first kappa shape index (κ1) is 19.4. The third-order valence-electron chi connectivity index (χ3n) is 4.79. The average molecular weight is 400 g/mol. The van der Waals surface area contributed by atoms with Crippen LogP contribution in [0.5, 0.6) is 11.5 Å². The molecule has 1 aliphatic heterocycles. The van der Waals surface area contributed by atoms with Gasteiger partial charge in [0.1, 0.15) is 11.5 Å². The summed E-state index contributed by atoms with van der Waals surface area (Å²) < 4.78 is 5.79. The van der Waals surface area contributed by atoms with Gasteiger partial charge in [-0.3, -0.25) is 19.3 Å². The lowest BCUT2D eigenvalue weighted by atomic mass is 10.1. The lowest BCUT2D eigenvalue weighted by molar-refractivity contribution is -0.121. The minimum Gasteiger partial charge on any atom is -0.457 e. The van der Waals surface area contributed by atoms with Crippen LogP contribution >= 0.6 is 0 Å². The number of imide groups is 1. The number of carbonyl (C=O) groups is 3. The van der Waals surface area contributed by atoms with Gasteiger partial charge in [0.25, 0.3) is 5.91 Å². The van der Waals surface area contributed by atoms with E-state index in [-0.39, 0.29) is 30.6 Å². The summed E-state index contributed by atoms with van der Waals surface area (Å²) in [6, 6.07) is 21.3. The molecule has 1 saturated heterocycles. The van der Waals surface area contributed by atoms with Crippen LogP contribution in [0, 0.1) is 6.92 Å². The van der Waals surface area contributed by atoms with E-state index in [1.54, 1.807) is 48.5 Å². The zero-order valence-electron chi connectivity index (χ0n) is 16.4. The Morgan fingerprint density at radius 3 is 2.10 bits per heavy atom. The van der Waals surface area contributed by atoms with Crippen LogP contribution in [0.4, 0.5) is 11.4 Å². The van der Waals surface area contributed by atoms with E-state index in [0.29, 0.717) is 22.7 Å². The molecular formula is C24H20N2O4. The summed E-state index contributed by atoms with van der Waals surface area (Å²) in [4.78, 5) is 37.6. The van der Waals surface area contributed by atoms with Crippen molar-refractivity contribution in [3.63, 3.8) is 0 Å². The maximum atomic E-state index is 12.6. The largest absolute Gasteiger partial charge is 0.457 e. The third-order valence-corrected chi connectivity index (χ3v) is 4.79. The molecule has 6 heteroatoms. The second-order valence-corrected chi connectivity index (χ2v) is 7.07. The van der Waals surface area contributed by atoms with Crippen molar-refractivity contribution in [3.05, 3.63) is 83.9 Å². The monoisotopic (exact) mass is 400 g/mol. The molecule has 1 N–H and O–H groups in total. The van der Waals surface area contributed by atoms with E-state index in [4.69, 9.17) is 4.74 Å². The zero-order chi connectivity index (χ0) is 21.1. The molecule has 3 aromatic carbocycles. The first-order chi connectivity index (χ1) is 14.5. The summed E-state index contributed by atoms with van der Waals surface area (Å²) >= 11 is 0. The van der Waals surface area contributed by atoms with Crippen LogP contribution in [-0.2, 0) is 9.59 Å². The van der Waals surface area contributed by atoms with E-state index in [9.17, 15) is 14.4 Å². The SMILES string of the molecule is Cc1ccc(Oc2ccc(NC(=O)c3cccc(N4C(=O)CCC4=O)c3)cc2)cc1. The molecule has 0 atom stereocenters. The number of rotatable bonds is 5. The molecule has 0 bridgehead atoms. The van der Waals surface area contributed by atoms with Crippen LogP contribution in [0.1, 0.15) is 28.8 Å². The van der Waals surface area contributed by atoms with Gasteiger partial charge in [-0.05, 0) is 61.5 Å². The minimum absolute atomic E-state index is 0.201. The zero-order valence-corrected chi connectivity index (χ0v) is 16.4. The van der Waals surface area contributed by atoms with Crippen LogP contribution in [-0.4, -0.2) is 17.7 Å². The van der Waals surface area contributed by atoms with Gasteiger partial charge < -0.3 is 10.1 Å². The van der Waals surface area contributed by atoms with Crippen LogP contribution in [0.2, 0.25) is 0 Å². The number of hydrogen-bond acceptors (Lipinski definition) is 4. The van der Waals surface area contributed by atoms with Crippen molar-refractivity contribution in [2.45, 2.75) is 19.8 Å².